The lowest BCUT2D eigenvalue weighted by atomic mass is 9.80. The molecule has 2 N–H and O–H groups in total. The standard InChI is InChI=1S/C26H25N5O4/c1-2-30(15-22-27-21-13-6-5-12-20(21)23(32)28-22)25(34)16-8-7-9-17(14-16)31-26(35)19-11-4-3-10-18(19)24(33)29-31/h3-9,12-14,18-19H,2,10-11,15H2,1H3,(H,29,33)(H,27,28,32). The first-order valence-corrected chi connectivity index (χ1v) is 11.6. The Balaban J connectivity index is 1.39. The number of fused-ring (bicyclic) bond motifs is 2. The number of carbonyl (C=O) groups is 3. The lowest BCUT2D eigenvalue weighted by molar-refractivity contribution is -0.139. The average Bonchev–Trinajstić information content (AvgIpc) is 2.89. The molecule has 178 valence electrons. The van der Waals surface area contributed by atoms with Crippen molar-refractivity contribution in [1.29, 1.82) is 0 Å². The number of aromatic amines is 1. The van der Waals surface area contributed by atoms with Crippen LogP contribution >= 0.6 is 0 Å². The van der Waals surface area contributed by atoms with E-state index in [4.69, 9.17) is 0 Å². The van der Waals surface area contributed by atoms with Crippen LogP contribution in [0.3, 0.4) is 0 Å². The number of para-hydroxylation sites is 1. The van der Waals surface area contributed by atoms with Crippen LogP contribution in [-0.2, 0) is 16.1 Å². The van der Waals surface area contributed by atoms with E-state index in [0.717, 1.165) is 0 Å². The minimum atomic E-state index is -0.406. The van der Waals surface area contributed by atoms with Crippen LogP contribution in [0.15, 0.2) is 65.5 Å². The Hall–Kier alpha value is -4.27. The smallest absolute Gasteiger partial charge is 0.258 e. The van der Waals surface area contributed by atoms with E-state index in [1.165, 1.54) is 5.01 Å². The highest BCUT2D eigenvalue weighted by atomic mass is 16.2. The number of benzene rings is 2. The van der Waals surface area contributed by atoms with Crippen molar-refractivity contribution in [3.8, 4) is 0 Å². The number of nitrogens with one attached hydrogen (secondary N) is 2. The summed E-state index contributed by atoms with van der Waals surface area (Å²) in [5.41, 5.74) is 3.78. The molecule has 9 heteroatoms. The molecule has 2 heterocycles. The zero-order chi connectivity index (χ0) is 24.5. The van der Waals surface area contributed by atoms with Crippen LogP contribution in [0.25, 0.3) is 10.9 Å². The van der Waals surface area contributed by atoms with Crippen molar-refractivity contribution >= 4 is 34.3 Å². The number of H-pyrrole nitrogens is 1. The highest BCUT2D eigenvalue weighted by Gasteiger charge is 2.42. The molecule has 2 aromatic carbocycles. The number of rotatable bonds is 5. The predicted octanol–water partition coefficient (Wildman–Crippen LogP) is 2.55. The topological polar surface area (TPSA) is 115 Å². The van der Waals surface area contributed by atoms with Gasteiger partial charge in [-0.1, -0.05) is 30.4 Å². The Morgan fingerprint density at radius 3 is 2.63 bits per heavy atom. The fourth-order valence-electron chi connectivity index (χ4n) is 4.66. The Kier molecular flexibility index (Phi) is 5.90. The second-order valence-corrected chi connectivity index (χ2v) is 8.70. The van der Waals surface area contributed by atoms with Crippen molar-refractivity contribution in [2.24, 2.45) is 11.8 Å². The molecule has 0 radical (unpaired) electrons. The lowest BCUT2D eigenvalue weighted by Gasteiger charge is -2.38. The Morgan fingerprint density at radius 1 is 1.06 bits per heavy atom. The summed E-state index contributed by atoms with van der Waals surface area (Å²) in [6, 6.07) is 13.7. The van der Waals surface area contributed by atoms with Gasteiger partial charge in [-0.2, -0.15) is 0 Å². The number of hydrogen-bond acceptors (Lipinski definition) is 5. The molecule has 1 saturated heterocycles. The number of hydrogen-bond donors (Lipinski definition) is 2. The normalized spacial score (nSPS) is 19.4. The summed E-state index contributed by atoms with van der Waals surface area (Å²) in [4.78, 5) is 60.3. The fraction of sp³-hybridized carbons (Fsp3) is 0.269. The van der Waals surface area contributed by atoms with Crippen molar-refractivity contribution in [3.63, 3.8) is 0 Å². The summed E-state index contributed by atoms with van der Waals surface area (Å²) in [6.45, 7) is 2.34. The third kappa shape index (κ3) is 4.21. The largest absolute Gasteiger partial charge is 0.331 e. The maximum absolute atomic E-state index is 13.3. The molecule has 3 amide bonds. The monoisotopic (exact) mass is 471 g/mol. The molecule has 1 aliphatic heterocycles. The van der Waals surface area contributed by atoms with Gasteiger partial charge in [0.15, 0.2) is 0 Å². The third-order valence-electron chi connectivity index (χ3n) is 6.55. The maximum atomic E-state index is 13.3. The fourth-order valence-corrected chi connectivity index (χ4v) is 4.66. The second kappa shape index (κ2) is 9.17. The Labute approximate surface area is 201 Å². The molecular formula is C26H25N5O4. The van der Waals surface area contributed by atoms with Gasteiger partial charge in [-0.05, 0) is 50.1 Å². The van der Waals surface area contributed by atoms with Crippen LogP contribution in [-0.4, -0.2) is 39.1 Å². The van der Waals surface area contributed by atoms with Gasteiger partial charge in [0.05, 0.1) is 35.0 Å². The van der Waals surface area contributed by atoms with Gasteiger partial charge >= 0.3 is 0 Å². The van der Waals surface area contributed by atoms with E-state index in [2.05, 4.69) is 15.4 Å². The van der Waals surface area contributed by atoms with E-state index >= 15 is 0 Å². The van der Waals surface area contributed by atoms with Gasteiger partial charge in [0, 0.05) is 12.1 Å². The molecule has 5 rings (SSSR count). The SMILES string of the molecule is CCN(Cc1nc2ccccc2c(=O)[nH]1)C(=O)c1cccc(N2NC(=O)C3CC=CCC3C2=O)c1. The van der Waals surface area contributed by atoms with Crippen molar-refractivity contribution in [2.75, 3.05) is 11.6 Å². The molecule has 2 unspecified atom stereocenters. The first kappa shape index (κ1) is 22.5. The van der Waals surface area contributed by atoms with Crippen LogP contribution in [0.2, 0.25) is 0 Å². The minimum absolute atomic E-state index is 0.120. The number of aromatic nitrogens is 2. The van der Waals surface area contributed by atoms with Crippen LogP contribution in [0.1, 0.15) is 35.9 Å². The molecule has 9 nitrogen and oxygen atoms in total. The summed E-state index contributed by atoms with van der Waals surface area (Å²) in [5.74, 6) is -1.04. The third-order valence-corrected chi connectivity index (χ3v) is 6.55. The van der Waals surface area contributed by atoms with Crippen LogP contribution < -0.4 is 16.0 Å². The average molecular weight is 472 g/mol. The summed E-state index contributed by atoms with van der Waals surface area (Å²) in [5, 5.41) is 1.74. The molecule has 1 aliphatic carbocycles. The van der Waals surface area contributed by atoms with E-state index < -0.39 is 5.92 Å². The number of allylic oxidation sites excluding steroid dienone is 2. The Bertz CT molecular complexity index is 1410. The van der Waals surface area contributed by atoms with Gasteiger partial charge in [0.25, 0.3) is 11.5 Å². The summed E-state index contributed by atoms with van der Waals surface area (Å²) in [7, 11) is 0. The van der Waals surface area contributed by atoms with E-state index in [0.29, 0.717) is 47.4 Å². The van der Waals surface area contributed by atoms with Crippen molar-refractivity contribution < 1.29 is 14.4 Å². The summed E-state index contributed by atoms with van der Waals surface area (Å²) in [6.07, 6.45) is 4.93. The predicted molar refractivity (Wildman–Crippen MR) is 130 cm³/mol. The highest BCUT2D eigenvalue weighted by Crippen LogP contribution is 2.32. The Morgan fingerprint density at radius 2 is 1.83 bits per heavy atom. The van der Waals surface area contributed by atoms with Gasteiger partial charge in [0.2, 0.25) is 11.8 Å². The quantitative estimate of drug-likeness (QED) is 0.555. The molecule has 0 bridgehead atoms. The molecule has 0 spiro atoms. The van der Waals surface area contributed by atoms with Crippen molar-refractivity contribution in [3.05, 3.63) is 82.4 Å². The second-order valence-electron chi connectivity index (χ2n) is 8.70. The highest BCUT2D eigenvalue weighted by molar-refractivity contribution is 6.05. The zero-order valence-corrected chi connectivity index (χ0v) is 19.2. The molecule has 2 aliphatic rings. The first-order chi connectivity index (χ1) is 17.0. The van der Waals surface area contributed by atoms with Crippen LogP contribution in [0.4, 0.5) is 5.69 Å². The zero-order valence-electron chi connectivity index (χ0n) is 19.2. The summed E-state index contributed by atoms with van der Waals surface area (Å²) >= 11 is 0. The number of hydrazine groups is 1. The van der Waals surface area contributed by atoms with Gasteiger partial charge in [-0.3, -0.25) is 24.6 Å². The molecule has 1 fully saturated rings. The van der Waals surface area contributed by atoms with Gasteiger partial charge in [-0.25, -0.2) is 9.99 Å². The van der Waals surface area contributed by atoms with Gasteiger partial charge < -0.3 is 9.88 Å². The number of anilines is 1. The van der Waals surface area contributed by atoms with E-state index in [1.807, 2.05) is 19.1 Å². The minimum Gasteiger partial charge on any atom is -0.331 e. The molecular weight excluding hydrogens is 446 g/mol. The number of amides is 3. The maximum Gasteiger partial charge on any atom is 0.258 e. The number of nitrogens with zero attached hydrogens (tertiary/aromatic N) is 3. The first-order valence-electron chi connectivity index (χ1n) is 11.6. The van der Waals surface area contributed by atoms with Crippen molar-refractivity contribution in [2.45, 2.75) is 26.3 Å². The van der Waals surface area contributed by atoms with Gasteiger partial charge in [-0.15, -0.1) is 0 Å². The molecule has 35 heavy (non-hydrogen) atoms. The molecule has 3 aromatic rings. The van der Waals surface area contributed by atoms with Gasteiger partial charge in [0.1, 0.15) is 5.82 Å². The summed E-state index contributed by atoms with van der Waals surface area (Å²) < 4.78 is 0. The van der Waals surface area contributed by atoms with E-state index in [-0.39, 0.29) is 35.7 Å². The molecule has 0 saturated carbocycles. The van der Waals surface area contributed by atoms with E-state index in [1.54, 1.807) is 53.4 Å². The molecule has 1 aromatic heterocycles. The lowest BCUT2D eigenvalue weighted by Crippen LogP contribution is -2.59. The van der Waals surface area contributed by atoms with Crippen LogP contribution in [0.5, 0.6) is 0 Å². The van der Waals surface area contributed by atoms with Crippen LogP contribution in [0, 0.1) is 11.8 Å². The van der Waals surface area contributed by atoms with Crippen molar-refractivity contribution in [1.82, 2.24) is 20.3 Å². The van der Waals surface area contributed by atoms with E-state index in [9.17, 15) is 19.2 Å². The molecule has 2 atom stereocenters. The number of carbonyl (C=O) groups excluding carboxylic acids is 3.